The maximum absolute atomic E-state index is 12.4. The predicted octanol–water partition coefficient (Wildman–Crippen LogP) is 3.99. The Labute approximate surface area is 168 Å². The molecule has 1 unspecified atom stereocenters. The summed E-state index contributed by atoms with van der Waals surface area (Å²) in [4.78, 5) is 25.9. The molecule has 1 fully saturated rings. The topological polar surface area (TPSA) is 79.6 Å². The number of likely N-dealkylation sites (N-methyl/N-ethyl adjacent to an activating group) is 1. The third kappa shape index (κ3) is 5.27. The van der Waals surface area contributed by atoms with Crippen LogP contribution in [0.25, 0.3) is 0 Å². The lowest BCUT2D eigenvalue weighted by molar-refractivity contribution is -0.158. The summed E-state index contributed by atoms with van der Waals surface area (Å²) in [7, 11) is 1.58. The Kier molecular flexibility index (Phi) is 7.34. The van der Waals surface area contributed by atoms with Gasteiger partial charge in [-0.15, -0.1) is 0 Å². The van der Waals surface area contributed by atoms with E-state index in [4.69, 9.17) is 32.7 Å². The van der Waals surface area contributed by atoms with Crippen molar-refractivity contribution in [2.75, 3.05) is 13.7 Å². The van der Waals surface area contributed by atoms with Crippen LogP contribution in [-0.2, 0) is 14.3 Å². The van der Waals surface area contributed by atoms with Crippen molar-refractivity contribution in [2.45, 2.75) is 50.7 Å². The highest BCUT2D eigenvalue weighted by Crippen LogP contribution is 2.32. The zero-order chi connectivity index (χ0) is 20.0. The Morgan fingerprint density at radius 3 is 2.56 bits per heavy atom. The molecule has 0 spiro atoms. The third-order valence-electron chi connectivity index (χ3n) is 4.77. The smallest absolute Gasteiger partial charge is 0.347 e. The first-order valence-corrected chi connectivity index (χ1v) is 9.51. The third-order valence-corrected chi connectivity index (χ3v) is 5.30. The van der Waals surface area contributed by atoms with Crippen molar-refractivity contribution in [3.8, 4) is 11.8 Å². The molecule has 1 amide bonds. The maximum Gasteiger partial charge on any atom is 0.347 e. The van der Waals surface area contributed by atoms with E-state index in [1.807, 2.05) is 0 Å². The van der Waals surface area contributed by atoms with Crippen LogP contribution in [0.3, 0.4) is 0 Å². The lowest BCUT2D eigenvalue weighted by Crippen LogP contribution is -2.51. The van der Waals surface area contributed by atoms with Gasteiger partial charge in [-0.2, -0.15) is 5.26 Å². The van der Waals surface area contributed by atoms with Gasteiger partial charge in [0.15, 0.2) is 12.7 Å². The van der Waals surface area contributed by atoms with Crippen LogP contribution in [0.5, 0.6) is 5.75 Å². The maximum atomic E-state index is 12.4. The molecule has 1 aromatic carbocycles. The molecule has 0 bridgehead atoms. The van der Waals surface area contributed by atoms with E-state index in [1.165, 1.54) is 17.9 Å². The summed E-state index contributed by atoms with van der Waals surface area (Å²) in [6.07, 6.45) is 3.17. The Hall–Kier alpha value is -1.97. The highest BCUT2D eigenvalue weighted by Gasteiger charge is 2.39. The van der Waals surface area contributed by atoms with Gasteiger partial charge in [0, 0.05) is 12.1 Å². The second kappa shape index (κ2) is 9.29. The van der Waals surface area contributed by atoms with Gasteiger partial charge in [0.2, 0.25) is 0 Å². The summed E-state index contributed by atoms with van der Waals surface area (Å²) in [5.74, 6) is -0.819. The van der Waals surface area contributed by atoms with Crippen LogP contribution in [0, 0.1) is 11.3 Å². The van der Waals surface area contributed by atoms with Crippen LogP contribution in [0.1, 0.15) is 39.0 Å². The van der Waals surface area contributed by atoms with Gasteiger partial charge in [0.1, 0.15) is 11.3 Å². The minimum Gasteiger partial charge on any atom is -0.477 e. The lowest BCUT2D eigenvalue weighted by Gasteiger charge is -2.38. The Balaban J connectivity index is 1.90. The quantitative estimate of drug-likeness (QED) is 0.659. The van der Waals surface area contributed by atoms with E-state index in [0.717, 1.165) is 19.3 Å². The number of ether oxygens (including phenoxy) is 2. The molecule has 27 heavy (non-hydrogen) atoms. The molecular weight excluding hydrogens is 391 g/mol. The van der Waals surface area contributed by atoms with Gasteiger partial charge >= 0.3 is 5.97 Å². The molecule has 1 aliphatic rings. The summed E-state index contributed by atoms with van der Waals surface area (Å²) in [6.45, 7) is 1.06. The highest BCUT2D eigenvalue weighted by molar-refractivity contribution is 6.35. The number of carbonyl (C=O) groups is 2. The van der Waals surface area contributed by atoms with Crippen molar-refractivity contribution in [3.63, 3.8) is 0 Å². The molecule has 8 heteroatoms. The van der Waals surface area contributed by atoms with Crippen molar-refractivity contribution in [1.82, 2.24) is 4.90 Å². The Morgan fingerprint density at radius 1 is 1.30 bits per heavy atom. The van der Waals surface area contributed by atoms with Crippen molar-refractivity contribution in [1.29, 1.82) is 5.26 Å². The molecule has 146 valence electrons. The molecule has 1 aromatic rings. The first-order valence-electron chi connectivity index (χ1n) is 8.75. The number of nitriles is 1. The number of carbonyl (C=O) groups excluding carboxylic acids is 2. The first kappa shape index (κ1) is 21.3. The van der Waals surface area contributed by atoms with E-state index in [-0.39, 0.29) is 5.02 Å². The van der Waals surface area contributed by atoms with E-state index in [0.29, 0.717) is 23.6 Å². The molecule has 0 radical (unpaired) electrons. The molecule has 0 saturated heterocycles. The van der Waals surface area contributed by atoms with Crippen LogP contribution < -0.4 is 4.74 Å². The molecule has 6 nitrogen and oxygen atoms in total. The van der Waals surface area contributed by atoms with E-state index in [1.54, 1.807) is 19.2 Å². The molecule has 1 aliphatic carbocycles. The largest absolute Gasteiger partial charge is 0.477 e. The minimum absolute atomic E-state index is 0.270. The van der Waals surface area contributed by atoms with Crippen molar-refractivity contribution in [2.24, 2.45) is 0 Å². The van der Waals surface area contributed by atoms with Crippen LogP contribution >= 0.6 is 23.2 Å². The molecule has 2 rings (SSSR count). The number of esters is 1. The fraction of sp³-hybridized carbons (Fsp3) is 0.526. The highest BCUT2D eigenvalue weighted by atomic mass is 35.5. The monoisotopic (exact) mass is 412 g/mol. The van der Waals surface area contributed by atoms with Gasteiger partial charge in [-0.25, -0.2) is 4.79 Å². The standard InChI is InChI=1S/C19H22Cl2N2O4/c1-13(27-16-7-6-14(20)10-15(16)21)18(25)26-11-17(24)23(2)19(12-22)8-4-3-5-9-19/h6-7,10,13H,3-5,8-9,11H2,1-2H3. The number of amides is 1. The fourth-order valence-electron chi connectivity index (χ4n) is 3.05. The van der Waals surface area contributed by atoms with E-state index in [9.17, 15) is 14.9 Å². The molecule has 0 N–H and O–H groups in total. The lowest BCUT2D eigenvalue weighted by atomic mass is 9.81. The summed E-state index contributed by atoms with van der Waals surface area (Å²) < 4.78 is 10.5. The van der Waals surface area contributed by atoms with Crippen LogP contribution in [0.2, 0.25) is 10.0 Å². The second-order valence-corrected chi connectivity index (χ2v) is 7.44. The number of hydrogen-bond donors (Lipinski definition) is 0. The number of rotatable bonds is 6. The van der Waals surface area contributed by atoms with Crippen molar-refractivity contribution < 1.29 is 19.1 Å². The van der Waals surface area contributed by atoms with Gasteiger partial charge in [0.05, 0.1) is 11.1 Å². The van der Waals surface area contributed by atoms with E-state index < -0.39 is 30.1 Å². The summed E-state index contributed by atoms with van der Waals surface area (Å²) in [6, 6.07) is 6.90. The average molecular weight is 413 g/mol. The Morgan fingerprint density at radius 2 is 1.96 bits per heavy atom. The first-order chi connectivity index (χ1) is 12.8. The number of nitrogens with zero attached hydrogens (tertiary/aromatic N) is 2. The van der Waals surface area contributed by atoms with Crippen LogP contribution in [-0.4, -0.2) is 42.1 Å². The molecule has 0 aliphatic heterocycles. The van der Waals surface area contributed by atoms with Crippen molar-refractivity contribution in [3.05, 3.63) is 28.2 Å². The normalized spacial score (nSPS) is 16.7. The van der Waals surface area contributed by atoms with E-state index >= 15 is 0 Å². The van der Waals surface area contributed by atoms with Gasteiger partial charge in [0.25, 0.3) is 5.91 Å². The van der Waals surface area contributed by atoms with Crippen LogP contribution in [0.15, 0.2) is 18.2 Å². The van der Waals surface area contributed by atoms with E-state index in [2.05, 4.69) is 6.07 Å². The Bertz CT molecular complexity index is 742. The van der Waals surface area contributed by atoms with Crippen LogP contribution in [0.4, 0.5) is 0 Å². The fourth-order valence-corrected chi connectivity index (χ4v) is 3.51. The molecule has 1 atom stereocenters. The van der Waals surface area contributed by atoms with Gasteiger partial charge in [-0.05, 0) is 38.0 Å². The number of hydrogen-bond acceptors (Lipinski definition) is 5. The summed E-state index contributed by atoms with van der Waals surface area (Å²) >= 11 is 11.8. The summed E-state index contributed by atoms with van der Waals surface area (Å²) in [5, 5.41) is 10.3. The second-order valence-electron chi connectivity index (χ2n) is 6.60. The molecule has 0 heterocycles. The zero-order valence-corrected chi connectivity index (χ0v) is 16.8. The number of benzene rings is 1. The van der Waals surface area contributed by atoms with Gasteiger partial charge < -0.3 is 14.4 Å². The SMILES string of the molecule is CC(Oc1ccc(Cl)cc1Cl)C(=O)OCC(=O)N(C)C1(C#N)CCCCC1. The average Bonchev–Trinajstić information content (AvgIpc) is 2.67. The van der Waals surface area contributed by atoms with Gasteiger partial charge in [-0.3, -0.25) is 4.79 Å². The molecular formula is C19H22Cl2N2O4. The molecule has 0 aromatic heterocycles. The zero-order valence-electron chi connectivity index (χ0n) is 15.3. The van der Waals surface area contributed by atoms with Crippen molar-refractivity contribution >= 4 is 35.1 Å². The summed E-state index contributed by atoms with van der Waals surface area (Å²) in [5.41, 5.74) is -0.819. The predicted molar refractivity (Wildman–Crippen MR) is 102 cm³/mol. The molecule has 1 saturated carbocycles. The number of halogens is 2. The van der Waals surface area contributed by atoms with Gasteiger partial charge in [-0.1, -0.05) is 42.5 Å². The minimum atomic E-state index is -0.957.